The minimum atomic E-state index is -0.631. The third kappa shape index (κ3) is 3.48. The molecule has 1 amide bonds. The number of hydrogen-bond donors (Lipinski definition) is 1. The number of aromatic nitrogens is 2. The SMILES string of the molecule is O=C(NCCc1cncnc1)c1c(F)cccc1Cl. The lowest BCUT2D eigenvalue weighted by Crippen LogP contribution is -2.27. The van der Waals surface area contributed by atoms with E-state index in [4.69, 9.17) is 11.6 Å². The first-order valence-electron chi connectivity index (χ1n) is 5.64. The van der Waals surface area contributed by atoms with Gasteiger partial charge in [-0.15, -0.1) is 0 Å². The third-order valence-electron chi connectivity index (χ3n) is 2.50. The summed E-state index contributed by atoms with van der Waals surface area (Å²) in [4.78, 5) is 19.5. The molecule has 0 saturated heterocycles. The molecule has 0 aliphatic heterocycles. The summed E-state index contributed by atoms with van der Waals surface area (Å²) in [6.07, 6.45) is 5.32. The van der Waals surface area contributed by atoms with E-state index in [1.165, 1.54) is 24.5 Å². The monoisotopic (exact) mass is 279 g/mol. The van der Waals surface area contributed by atoms with E-state index in [1.807, 2.05) is 0 Å². The summed E-state index contributed by atoms with van der Waals surface area (Å²) in [7, 11) is 0. The normalized spacial score (nSPS) is 10.2. The van der Waals surface area contributed by atoms with Gasteiger partial charge in [0, 0.05) is 18.9 Å². The van der Waals surface area contributed by atoms with Crippen molar-refractivity contribution in [3.8, 4) is 0 Å². The number of rotatable bonds is 4. The second-order valence-corrected chi connectivity index (χ2v) is 4.26. The van der Waals surface area contributed by atoms with Crippen LogP contribution in [-0.2, 0) is 6.42 Å². The predicted molar refractivity (Wildman–Crippen MR) is 69.5 cm³/mol. The van der Waals surface area contributed by atoms with Gasteiger partial charge < -0.3 is 5.32 Å². The van der Waals surface area contributed by atoms with Gasteiger partial charge in [0.1, 0.15) is 12.1 Å². The number of benzene rings is 1. The number of amides is 1. The standard InChI is InChI=1S/C13H11ClFN3O/c14-10-2-1-3-11(15)12(10)13(19)18-5-4-9-6-16-8-17-7-9/h1-3,6-8H,4-5H2,(H,18,19). The molecule has 0 unspecified atom stereocenters. The third-order valence-corrected chi connectivity index (χ3v) is 2.82. The Balaban J connectivity index is 1.95. The van der Waals surface area contributed by atoms with Crippen molar-refractivity contribution in [3.63, 3.8) is 0 Å². The van der Waals surface area contributed by atoms with E-state index in [0.29, 0.717) is 13.0 Å². The molecule has 0 atom stereocenters. The number of hydrogen-bond acceptors (Lipinski definition) is 3. The van der Waals surface area contributed by atoms with Crippen molar-refractivity contribution in [1.82, 2.24) is 15.3 Å². The molecule has 1 N–H and O–H groups in total. The molecule has 1 aromatic carbocycles. The van der Waals surface area contributed by atoms with Crippen molar-refractivity contribution >= 4 is 17.5 Å². The number of halogens is 2. The smallest absolute Gasteiger partial charge is 0.255 e. The minimum Gasteiger partial charge on any atom is -0.352 e. The van der Waals surface area contributed by atoms with E-state index in [9.17, 15) is 9.18 Å². The van der Waals surface area contributed by atoms with Gasteiger partial charge in [0.15, 0.2) is 0 Å². The van der Waals surface area contributed by atoms with Crippen LogP contribution in [-0.4, -0.2) is 22.4 Å². The van der Waals surface area contributed by atoms with Crippen LogP contribution in [0.3, 0.4) is 0 Å². The van der Waals surface area contributed by atoms with Gasteiger partial charge in [-0.25, -0.2) is 14.4 Å². The Kier molecular flexibility index (Phi) is 4.41. The molecule has 1 heterocycles. The average molecular weight is 280 g/mol. The molecule has 0 spiro atoms. The Hall–Kier alpha value is -2.01. The molecule has 4 nitrogen and oxygen atoms in total. The zero-order chi connectivity index (χ0) is 13.7. The van der Waals surface area contributed by atoms with Gasteiger partial charge >= 0.3 is 0 Å². The van der Waals surface area contributed by atoms with Crippen molar-refractivity contribution in [2.24, 2.45) is 0 Å². The van der Waals surface area contributed by atoms with E-state index >= 15 is 0 Å². The Labute approximate surface area is 114 Å². The van der Waals surface area contributed by atoms with E-state index in [1.54, 1.807) is 12.4 Å². The van der Waals surface area contributed by atoms with Crippen LogP contribution in [0.25, 0.3) is 0 Å². The molecule has 0 aliphatic rings. The highest BCUT2D eigenvalue weighted by Gasteiger charge is 2.14. The lowest BCUT2D eigenvalue weighted by Gasteiger charge is -2.07. The first-order chi connectivity index (χ1) is 9.18. The molecule has 6 heteroatoms. The van der Waals surface area contributed by atoms with Crippen LogP contribution in [0.15, 0.2) is 36.9 Å². The van der Waals surface area contributed by atoms with Crippen molar-refractivity contribution in [1.29, 1.82) is 0 Å². The molecular weight excluding hydrogens is 269 g/mol. The largest absolute Gasteiger partial charge is 0.352 e. The Morgan fingerprint density at radius 3 is 2.74 bits per heavy atom. The topological polar surface area (TPSA) is 54.9 Å². The summed E-state index contributed by atoms with van der Waals surface area (Å²) < 4.78 is 13.5. The summed E-state index contributed by atoms with van der Waals surface area (Å²) in [5.74, 6) is -1.16. The summed E-state index contributed by atoms with van der Waals surface area (Å²) in [5, 5.41) is 2.71. The van der Waals surface area contributed by atoms with Crippen molar-refractivity contribution in [2.45, 2.75) is 6.42 Å². The van der Waals surface area contributed by atoms with Gasteiger partial charge in [0.05, 0.1) is 10.6 Å². The Morgan fingerprint density at radius 1 is 1.32 bits per heavy atom. The second-order valence-electron chi connectivity index (χ2n) is 3.85. The van der Waals surface area contributed by atoms with Crippen LogP contribution in [0.2, 0.25) is 5.02 Å². The van der Waals surface area contributed by atoms with E-state index < -0.39 is 11.7 Å². The molecule has 98 valence electrons. The maximum absolute atomic E-state index is 13.5. The summed E-state index contributed by atoms with van der Waals surface area (Å²) in [6.45, 7) is 0.358. The van der Waals surface area contributed by atoms with Crippen molar-refractivity contribution in [3.05, 3.63) is 58.9 Å². The summed E-state index contributed by atoms with van der Waals surface area (Å²) in [5.41, 5.74) is 0.760. The Bertz CT molecular complexity index is 557. The molecule has 0 bridgehead atoms. The number of nitrogens with one attached hydrogen (secondary N) is 1. The summed E-state index contributed by atoms with van der Waals surface area (Å²) >= 11 is 5.80. The lowest BCUT2D eigenvalue weighted by atomic mass is 10.2. The molecule has 2 rings (SSSR count). The average Bonchev–Trinajstić information content (AvgIpc) is 2.40. The molecule has 19 heavy (non-hydrogen) atoms. The lowest BCUT2D eigenvalue weighted by molar-refractivity contribution is 0.0950. The van der Waals surface area contributed by atoms with Gasteiger partial charge in [-0.05, 0) is 24.1 Å². The molecule has 1 aromatic heterocycles. The number of carbonyl (C=O) groups excluding carboxylic acids is 1. The van der Waals surface area contributed by atoms with Crippen LogP contribution >= 0.6 is 11.6 Å². The van der Waals surface area contributed by atoms with Crippen LogP contribution in [0.4, 0.5) is 4.39 Å². The van der Waals surface area contributed by atoms with E-state index in [2.05, 4.69) is 15.3 Å². The molecule has 0 aliphatic carbocycles. The Morgan fingerprint density at radius 2 is 2.05 bits per heavy atom. The fourth-order valence-electron chi connectivity index (χ4n) is 1.58. The zero-order valence-corrected chi connectivity index (χ0v) is 10.7. The first-order valence-corrected chi connectivity index (χ1v) is 6.02. The fourth-order valence-corrected chi connectivity index (χ4v) is 1.83. The van der Waals surface area contributed by atoms with Gasteiger partial charge in [0.25, 0.3) is 5.91 Å². The highest BCUT2D eigenvalue weighted by Crippen LogP contribution is 2.18. The maximum Gasteiger partial charge on any atom is 0.255 e. The molecule has 0 fully saturated rings. The molecule has 0 radical (unpaired) electrons. The second kappa shape index (κ2) is 6.24. The van der Waals surface area contributed by atoms with Gasteiger partial charge in [-0.3, -0.25) is 4.79 Å². The molecular formula is C13H11ClFN3O. The quantitative estimate of drug-likeness (QED) is 0.934. The van der Waals surface area contributed by atoms with Crippen LogP contribution in [0.1, 0.15) is 15.9 Å². The van der Waals surface area contributed by atoms with Gasteiger partial charge in [-0.2, -0.15) is 0 Å². The van der Waals surface area contributed by atoms with Crippen LogP contribution in [0, 0.1) is 5.82 Å². The van der Waals surface area contributed by atoms with Gasteiger partial charge in [-0.1, -0.05) is 17.7 Å². The van der Waals surface area contributed by atoms with Gasteiger partial charge in [0.2, 0.25) is 0 Å². The molecule has 0 saturated carbocycles. The maximum atomic E-state index is 13.5. The number of carbonyl (C=O) groups is 1. The minimum absolute atomic E-state index is 0.0977. The first kappa shape index (κ1) is 13.4. The molecule has 2 aromatic rings. The van der Waals surface area contributed by atoms with Crippen LogP contribution < -0.4 is 5.32 Å². The van der Waals surface area contributed by atoms with E-state index in [0.717, 1.165) is 5.56 Å². The van der Waals surface area contributed by atoms with Crippen molar-refractivity contribution < 1.29 is 9.18 Å². The zero-order valence-electron chi connectivity index (χ0n) is 9.94. The number of nitrogens with zero attached hydrogens (tertiary/aromatic N) is 2. The van der Waals surface area contributed by atoms with Crippen molar-refractivity contribution in [2.75, 3.05) is 6.54 Å². The summed E-state index contributed by atoms with van der Waals surface area (Å²) in [6, 6.07) is 4.13. The fraction of sp³-hybridized carbons (Fsp3) is 0.154. The van der Waals surface area contributed by atoms with Crippen LogP contribution in [0.5, 0.6) is 0 Å². The highest BCUT2D eigenvalue weighted by atomic mass is 35.5. The predicted octanol–water partition coefficient (Wildman–Crippen LogP) is 2.24. The highest BCUT2D eigenvalue weighted by molar-refractivity contribution is 6.33. The van der Waals surface area contributed by atoms with E-state index in [-0.39, 0.29) is 10.6 Å².